The minimum absolute atomic E-state index is 0.0151. The summed E-state index contributed by atoms with van der Waals surface area (Å²) in [6, 6.07) is 17.2. The Hall–Kier alpha value is -4.18. The summed E-state index contributed by atoms with van der Waals surface area (Å²) in [6.45, 7) is 4.72. The van der Waals surface area contributed by atoms with Gasteiger partial charge in [0.25, 0.3) is 5.69 Å². The Morgan fingerprint density at radius 1 is 1.14 bits per heavy atom. The number of non-ortho nitro benzene ring substituents is 1. The van der Waals surface area contributed by atoms with E-state index in [-0.39, 0.29) is 11.4 Å². The van der Waals surface area contributed by atoms with Crippen LogP contribution >= 0.6 is 15.9 Å². The van der Waals surface area contributed by atoms with Crippen molar-refractivity contribution >= 4 is 44.7 Å². The number of benzene rings is 3. The molecule has 36 heavy (non-hydrogen) atoms. The Morgan fingerprint density at radius 3 is 2.64 bits per heavy atom. The lowest BCUT2D eigenvalue weighted by molar-refractivity contribution is -0.384. The number of aryl methyl sites for hydroxylation is 1. The number of nitro groups is 1. The third-order valence-electron chi connectivity index (χ3n) is 5.15. The first-order valence-corrected chi connectivity index (χ1v) is 11.8. The van der Waals surface area contributed by atoms with E-state index in [1.807, 2.05) is 38.1 Å². The normalized spacial score (nSPS) is 11.1. The zero-order chi connectivity index (χ0) is 25.7. The number of furan rings is 1. The van der Waals surface area contributed by atoms with Crippen LogP contribution in [-0.4, -0.2) is 23.7 Å². The van der Waals surface area contributed by atoms with Crippen LogP contribution in [0.4, 0.5) is 5.69 Å². The summed E-state index contributed by atoms with van der Waals surface area (Å²) in [4.78, 5) is 22.9. The van der Waals surface area contributed by atoms with Gasteiger partial charge in [0.2, 0.25) is 0 Å². The van der Waals surface area contributed by atoms with Crippen molar-refractivity contribution in [2.75, 3.05) is 6.61 Å². The largest absolute Gasteiger partial charge is 0.490 e. The van der Waals surface area contributed by atoms with Crippen molar-refractivity contribution in [2.24, 2.45) is 5.10 Å². The highest BCUT2D eigenvalue weighted by molar-refractivity contribution is 9.10. The first kappa shape index (κ1) is 24.9. The van der Waals surface area contributed by atoms with Crippen molar-refractivity contribution in [3.8, 4) is 11.5 Å². The van der Waals surface area contributed by atoms with Crippen LogP contribution in [0.1, 0.15) is 34.2 Å². The van der Waals surface area contributed by atoms with Gasteiger partial charge in [0.05, 0.1) is 22.2 Å². The highest BCUT2D eigenvalue weighted by Gasteiger charge is 2.15. The van der Waals surface area contributed by atoms with Crippen LogP contribution in [0.15, 0.2) is 74.7 Å². The summed E-state index contributed by atoms with van der Waals surface area (Å²) < 4.78 is 17.9. The zero-order valence-electron chi connectivity index (χ0n) is 19.5. The molecular formula is C26H22BrN3O6. The molecule has 0 spiro atoms. The number of halogens is 1. The van der Waals surface area contributed by atoms with E-state index in [4.69, 9.17) is 13.9 Å². The second kappa shape index (κ2) is 11.0. The molecule has 0 atom stereocenters. The van der Waals surface area contributed by atoms with Crippen LogP contribution in [0.2, 0.25) is 0 Å². The van der Waals surface area contributed by atoms with Gasteiger partial charge in [-0.3, -0.25) is 14.9 Å². The van der Waals surface area contributed by atoms with Crippen molar-refractivity contribution < 1.29 is 23.6 Å². The Morgan fingerprint density at radius 2 is 1.92 bits per heavy atom. The summed E-state index contributed by atoms with van der Waals surface area (Å²) in [5, 5.41) is 15.4. The Bertz CT molecular complexity index is 1450. The average Bonchev–Trinajstić information content (AvgIpc) is 3.28. The van der Waals surface area contributed by atoms with Crippen molar-refractivity contribution in [2.45, 2.75) is 20.5 Å². The smallest absolute Gasteiger partial charge is 0.307 e. The number of carbonyl (C=O) groups is 1. The summed E-state index contributed by atoms with van der Waals surface area (Å²) in [6.07, 6.45) is 1.46. The molecule has 4 rings (SSSR count). The molecule has 0 aliphatic heterocycles. The summed E-state index contributed by atoms with van der Waals surface area (Å²) in [5.41, 5.74) is 5.54. The fourth-order valence-corrected chi connectivity index (χ4v) is 3.96. The van der Waals surface area contributed by atoms with Crippen LogP contribution in [0.3, 0.4) is 0 Å². The molecule has 0 aliphatic rings. The minimum Gasteiger partial charge on any atom is -0.490 e. The molecule has 0 fully saturated rings. The third-order valence-corrected chi connectivity index (χ3v) is 5.74. The Labute approximate surface area is 215 Å². The number of nitrogens with one attached hydrogen (secondary N) is 1. The number of nitrogens with zero attached hydrogens (tertiary/aromatic N) is 2. The molecule has 184 valence electrons. The second-order valence-electron chi connectivity index (χ2n) is 7.83. The van der Waals surface area contributed by atoms with Gasteiger partial charge in [-0.25, -0.2) is 5.43 Å². The maximum Gasteiger partial charge on any atom is 0.307 e. The predicted molar refractivity (Wildman–Crippen MR) is 139 cm³/mol. The van der Waals surface area contributed by atoms with E-state index < -0.39 is 10.8 Å². The van der Waals surface area contributed by atoms with Crippen LogP contribution in [0, 0.1) is 17.0 Å². The molecule has 0 aliphatic carbocycles. The Balaban J connectivity index is 1.46. The number of nitro benzene ring substituents is 1. The number of hydrogen-bond donors (Lipinski definition) is 1. The molecule has 9 nitrogen and oxygen atoms in total. The van der Waals surface area contributed by atoms with Gasteiger partial charge in [0.1, 0.15) is 12.2 Å². The number of amides is 1. The number of rotatable bonds is 9. The molecule has 10 heteroatoms. The van der Waals surface area contributed by atoms with Crippen molar-refractivity contribution in [1.29, 1.82) is 0 Å². The number of hydrogen-bond acceptors (Lipinski definition) is 7. The molecular weight excluding hydrogens is 530 g/mol. The Kier molecular flexibility index (Phi) is 7.65. The molecule has 0 saturated heterocycles. The van der Waals surface area contributed by atoms with Gasteiger partial charge in [-0.15, -0.1) is 0 Å². The van der Waals surface area contributed by atoms with E-state index in [0.29, 0.717) is 45.7 Å². The van der Waals surface area contributed by atoms with Gasteiger partial charge in [-0.2, -0.15) is 5.10 Å². The molecule has 0 saturated carbocycles. The van der Waals surface area contributed by atoms with Gasteiger partial charge < -0.3 is 13.9 Å². The average molecular weight is 552 g/mol. The molecule has 1 N–H and O–H groups in total. The molecule has 4 aromatic rings. The molecule has 1 aromatic heterocycles. The second-order valence-corrected chi connectivity index (χ2v) is 8.68. The van der Waals surface area contributed by atoms with Gasteiger partial charge in [0.15, 0.2) is 17.3 Å². The number of hydrazone groups is 1. The molecule has 1 amide bonds. The SMILES string of the molecule is CCOc1cc(/C=N/NC(=O)c2cc3cc([N+](=O)[O-])ccc3o2)cc(Br)c1OCc1ccc(C)cc1. The van der Waals surface area contributed by atoms with E-state index in [2.05, 4.69) is 26.5 Å². The fraction of sp³-hybridized carbons (Fsp3) is 0.154. The van der Waals surface area contributed by atoms with E-state index in [9.17, 15) is 14.9 Å². The monoisotopic (exact) mass is 551 g/mol. The highest BCUT2D eigenvalue weighted by Crippen LogP contribution is 2.37. The van der Waals surface area contributed by atoms with E-state index in [1.165, 1.54) is 36.0 Å². The van der Waals surface area contributed by atoms with Crippen molar-refractivity contribution in [1.82, 2.24) is 5.43 Å². The van der Waals surface area contributed by atoms with Crippen LogP contribution < -0.4 is 14.9 Å². The van der Waals surface area contributed by atoms with Gasteiger partial charge >= 0.3 is 5.91 Å². The van der Waals surface area contributed by atoms with E-state index >= 15 is 0 Å². The van der Waals surface area contributed by atoms with Crippen LogP contribution in [0.25, 0.3) is 11.0 Å². The molecule has 0 bridgehead atoms. The highest BCUT2D eigenvalue weighted by atomic mass is 79.9. The zero-order valence-corrected chi connectivity index (χ0v) is 21.1. The third kappa shape index (κ3) is 5.89. The topological polar surface area (TPSA) is 116 Å². The summed E-state index contributed by atoms with van der Waals surface area (Å²) in [7, 11) is 0. The van der Waals surface area contributed by atoms with E-state index in [0.717, 1.165) is 5.56 Å². The van der Waals surface area contributed by atoms with E-state index in [1.54, 1.807) is 12.1 Å². The first-order chi connectivity index (χ1) is 17.3. The summed E-state index contributed by atoms with van der Waals surface area (Å²) >= 11 is 3.53. The predicted octanol–water partition coefficient (Wildman–Crippen LogP) is 6.15. The lowest BCUT2D eigenvalue weighted by atomic mass is 10.2. The molecule has 0 unspecified atom stereocenters. The first-order valence-electron chi connectivity index (χ1n) is 11.0. The standard InChI is InChI=1S/C26H22BrN3O6/c1-3-34-23-11-18(10-21(27)25(23)35-15-17-6-4-16(2)5-7-17)14-28-29-26(31)24-13-19-12-20(30(32)33)8-9-22(19)36-24/h4-14H,3,15H2,1-2H3,(H,29,31)/b28-14+. The number of fused-ring (bicyclic) bond motifs is 1. The molecule has 3 aromatic carbocycles. The van der Waals surface area contributed by atoms with Gasteiger partial charge in [0, 0.05) is 17.5 Å². The molecule has 0 radical (unpaired) electrons. The molecule has 1 heterocycles. The van der Waals surface area contributed by atoms with Crippen LogP contribution in [0.5, 0.6) is 11.5 Å². The van der Waals surface area contributed by atoms with Gasteiger partial charge in [-0.1, -0.05) is 29.8 Å². The fourth-order valence-electron chi connectivity index (χ4n) is 3.38. The van der Waals surface area contributed by atoms with Crippen molar-refractivity contribution in [3.05, 3.63) is 97.7 Å². The van der Waals surface area contributed by atoms with Gasteiger partial charge in [-0.05, 0) is 65.2 Å². The lowest BCUT2D eigenvalue weighted by Gasteiger charge is -2.14. The lowest BCUT2D eigenvalue weighted by Crippen LogP contribution is -2.16. The minimum atomic E-state index is -0.591. The van der Waals surface area contributed by atoms with Crippen molar-refractivity contribution in [3.63, 3.8) is 0 Å². The number of carbonyl (C=O) groups excluding carboxylic acids is 1. The summed E-state index contributed by atoms with van der Waals surface area (Å²) in [5.74, 6) is 0.492. The quantitative estimate of drug-likeness (QED) is 0.151. The van der Waals surface area contributed by atoms with Crippen LogP contribution in [-0.2, 0) is 6.61 Å². The maximum atomic E-state index is 12.4. The number of ether oxygens (including phenoxy) is 2. The maximum absolute atomic E-state index is 12.4.